The number of pyridine rings is 1. The van der Waals surface area contributed by atoms with Crippen LogP contribution in [0.25, 0.3) is 0 Å². The first-order valence-electron chi connectivity index (χ1n) is 6.29. The summed E-state index contributed by atoms with van der Waals surface area (Å²) in [6.07, 6.45) is 1.36. The van der Waals surface area contributed by atoms with Crippen molar-refractivity contribution in [1.82, 2.24) is 4.98 Å². The van der Waals surface area contributed by atoms with Crippen LogP contribution in [0.1, 0.15) is 5.56 Å². The van der Waals surface area contributed by atoms with E-state index < -0.39 is 17.9 Å². The van der Waals surface area contributed by atoms with Gasteiger partial charge in [0.2, 0.25) is 5.88 Å². The molecule has 0 unspecified atom stereocenters. The zero-order valence-electron chi connectivity index (χ0n) is 11.3. The summed E-state index contributed by atoms with van der Waals surface area (Å²) in [6, 6.07) is 9.72. The van der Waals surface area contributed by atoms with Gasteiger partial charge >= 0.3 is 11.9 Å². The van der Waals surface area contributed by atoms with Gasteiger partial charge in [0.15, 0.2) is 5.92 Å². The highest BCUT2D eigenvalue weighted by molar-refractivity contribution is 6.30. The van der Waals surface area contributed by atoms with Crippen molar-refractivity contribution in [2.75, 3.05) is 0 Å². The first-order valence-corrected chi connectivity index (χ1v) is 6.67. The molecule has 2 aromatic rings. The van der Waals surface area contributed by atoms with E-state index in [1.807, 2.05) is 0 Å². The maximum absolute atomic E-state index is 10.9. The number of rotatable bonds is 6. The molecule has 2 rings (SSSR count). The Labute approximate surface area is 130 Å². The van der Waals surface area contributed by atoms with E-state index >= 15 is 0 Å². The van der Waals surface area contributed by atoms with Crippen LogP contribution in [-0.4, -0.2) is 27.1 Å². The van der Waals surface area contributed by atoms with E-state index in [4.69, 9.17) is 26.6 Å². The minimum absolute atomic E-state index is 0.0931. The summed E-state index contributed by atoms with van der Waals surface area (Å²) in [4.78, 5) is 25.7. The Kier molecular flexibility index (Phi) is 4.95. The maximum Gasteiger partial charge on any atom is 0.318 e. The largest absolute Gasteiger partial charge is 0.481 e. The number of ether oxygens (including phenoxy) is 1. The molecule has 2 N–H and O–H groups in total. The molecule has 7 heteroatoms. The van der Waals surface area contributed by atoms with Crippen LogP contribution in [0.5, 0.6) is 11.6 Å². The molecule has 0 radical (unpaired) electrons. The summed E-state index contributed by atoms with van der Waals surface area (Å²) >= 11 is 5.72. The van der Waals surface area contributed by atoms with E-state index in [-0.39, 0.29) is 6.42 Å². The lowest BCUT2D eigenvalue weighted by Gasteiger charge is -2.09. The van der Waals surface area contributed by atoms with E-state index in [1.54, 1.807) is 36.4 Å². The van der Waals surface area contributed by atoms with Gasteiger partial charge in [-0.15, -0.1) is 0 Å². The van der Waals surface area contributed by atoms with Gasteiger partial charge in [-0.1, -0.05) is 23.7 Å². The standard InChI is InChI=1S/C15H12ClNO5/c16-10-3-6-13(17-8-10)22-11-4-1-9(2-5-11)7-12(14(18)19)15(20)21/h1-6,8,12H,7H2,(H,18,19)(H,20,21). The molecular weight excluding hydrogens is 310 g/mol. The predicted octanol–water partition coefficient (Wildman–Crippen LogP) is 2.86. The summed E-state index contributed by atoms with van der Waals surface area (Å²) in [6.45, 7) is 0. The number of carbonyl (C=O) groups is 2. The van der Waals surface area contributed by atoms with Crippen LogP contribution in [0, 0.1) is 5.92 Å². The van der Waals surface area contributed by atoms with Gasteiger partial charge in [-0.3, -0.25) is 9.59 Å². The fraction of sp³-hybridized carbons (Fsp3) is 0.133. The molecule has 0 saturated carbocycles. The Hall–Kier alpha value is -2.60. The Morgan fingerprint density at radius 3 is 2.23 bits per heavy atom. The molecule has 0 bridgehead atoms. The number of carboxylic acid groups (broad SMARTS) is 2. The van der Waals surface area contributed by atoms with Crippen LogP contribution in [0.4, 0.5) is 0 Å². The van der Waals surface area contributed by atoms with E-state index in [0.717, 1.165) is 0 Å². The molecule has 1 aromatic carbocycles. The number of hydrogen-bond donors (Lipinski definition) is 2. The SMILES string of the molecule is O=C(O)C(Cc1ccc(Oc2ccc(Cl)cn2)cc1)C(=O)O. The van der Waals surface area contributed by atoms with Crippen LogP contribution in [0.15, 0.2) is 42.6 Å². The molecule has 0 spiro atoms. The van der Waals surface area contributed by atoms with Crippen molar-refractivity contribution in [1.29, 1.82) is 0 Å². The Balaban J connectivity index is 2.05. The molecule has 0 aliphatic heterocycles. The molecule has 22 heavy (non-hydrogen) atoms. The summed E-state index contributed by atoms with van der Waals surface area (Å²) < 4.78 is 5.49. The fourth-order valence-corrected chi connectivity index (χ4v) is 1.86. The molecule has 0 amide bonds. The number of halogens is 1. The van der Waals surface area contributed by atoms with E-state index in [2.05, 4.69) is 4.98 Å². The third-order valence-electron chi connectivity index (χ3n) is 2.88. The summed E-state index contributed by atoms with van der Waals surface area (Å²) in [5.41, 5.74) is 0.589. The minimum Gasteiger partial charge on any atom is -0.481 e. The van der Waals surface area contributed by atoms with E-state index in [9.17, 15) is 9.59 Å². The van der Waals surface area contributed by atoms with Gasteiger partial charge in [0.25, 0.3) is 0 Å². The first kappa shape index (κ1) is 15.8. The van der Waals surface area contributed by atoms with E-state index in [1.165, 1.54) is 6.20 Å². The number of nitrogens with zero attached hydrogens (tertiary/aromatic N) is 1. The predicted molar refractivity (Wildman–Crippen MR) is 78.2 cm³/mol. The molecule has 6 nitrogen and oxygen atoms in total. The second-order valence-corrected chi connectivity index (χ2v) is 4.93. The van der Waals surface area contributed by atoms with Gasteiger partial charge in [-0.2, -0.15) is 0 Å². The van der Waals surface area contributed by atoms with Crippen molar-refractivity contribution in [2.45, 2.75) is 6.42 Å². The molecule has 0 atom stereocenters. The smallest absolute Gasteiger partial charge is 0.318 e. The van der Waals surface area contributed by atoms with Gasteiger partial charge in [0.05, 0.1) is 5.02 Å². The Morgan fingerprint density at radius 1 is 1.09 bits per heavy atom. The quantitative estimate of drug-likeness (QED) is 0.794. The fourth-order valence-electron chi connectivity index (χ4n) is 1.75. The molecular formula is C15H12ClNO5. The number of aromatic nitrogens is 1. The average molecular weight is 322 g/mol. The normalized spacial score (nSPS) is 10.5. The first-order chi connectivity index (χ1) is 10.5. The summed E-state index contributed by atoms with van der Waals surface area (Å²) in [7, 11) is 0. The number of hydrogen-bond acceptors (Lipinski definition) is 4. The van der Waals surface area contributed by atoms with Crippen molar-refractivity contribution in [3.8, 4) is 11.6 Å². The zero-order chi connectivity index (χ0) is 16.1. The average Bonchev–Trinajstić information content (AvgIpc) is 2.48. The van der Waals surface area contributed by atoms with Crippen molar-refractivity contribution < 1.29 is 24.5 Å². The number of aliphatic carboxylic acids is 2. The van der Waals surface area contributed by atoms with Crippen molar-refractivity contribution >= 4 is 23.5 Å². The lowest BCUT2D eigenvalue weighted by molar-refractivity contribution is -0.154. The second-order valence-electron chi connectivity index (χ2n) is 4.49. The summed E-state index contributed by atoms with van der Waals surface area (Å²) in [5, 5.41) is 18.2. The molecule has 0 fully saturated rings. The van der Waals surface area contributed by atoms with Crippen molar-refractivity contribution in [2.24, 2.45) is 5.92 Å². The second kappa shape index (κ2) is 6.91. The van der Waals surface area contributed by atoms with Crippen LogP contribution in [-0.2, 0) is 16.0 Å². The van der Waals surface area contributed by atoms with Crippen LogP contribution in [0.2, 0.25) is 5.02 Å². The van der Waals surface area contributed by atoms with Gasteiger partial charge < -0.3 is 14.9 Å². The van der Waals surface area contributed by atoms with Gasteiger partial charge in [0, 0.05) is 12.3 Å². The molecule has 1 heterocycles. The molecule has 114 valence electrons. The van der Waals surface area contributed by atoms with Crippen LogP contribution >= 0.6 is 11.6 Å². The van der Waals surface area contributed by atoms with E-state index in [0.29, 0.717) is 22.2 Å². The van der Waals surface area contributed by atoms with Crippen LogP contribution in [0.3, 0.4) is 0 Å². The third-order valence-corrected chi connectivity index (χ3v) is 3.11. The third kappa shape index (κ3) is 4.20. The molecule has 0 aliphatic carbocycles. The maximum atomic E-state index is 10.9. The van der Waals surface area contributed by atoms with Crippen molar-refractivity contribution in [3.63, 3.8) is 0 Å². The molecule has 0 saturated heterocycles. The zero-order valence-corrected chi connectivity index (χ0v) is 12.0. The van der Waals surface area contributed by atoms with Crippen LogP contribution < -0.4 is 4.74 Å². The van der Waals surface area contributed by atoms with Gasteiger partial charge in [-0.25, -0.2) is 4.98 Å². The summed E-state index contributed by atoms with van der Waals surface area (Å²) in [5.74, 6) is -3.33. The highest BCUT2D eigenvalue weighted by Crippen LogP contribution is 2.22. The van der Waals surface area contributed by atoms with Crippen molar-refractivity contribution in [3.05, 3.63) is 53.2 Å². The van der Waals surface area contributed by atoms with Gasteiger partial charge in [0.1, 0.15) is 5.75 Å². The monoisotopic (exact) mass is 321 g/mol. The van der Waals surface area contributed by atoms with Gasteiger partial charge in [-0.05, 0) is 30.2 Å². The Bertz CT molecular complexity index is 655. The number of benzene rings is 1. The lowest BCUT2D eigenvalue weighted by atomic mass is 10.00. The Morgan fingerprint density at radius 2 is 1.73 bits per heavy atom. The minimum atomic E-state index is -1.47. The lowest BCUT2D eigenvalue weighted by Crippen LogP contribution is -2.25. The number of carboxylic acids is 2. The topological polar surface area (TPSA) is 96.7 Å². The highest BCUT2D eigenvalue weighted by Gasteiger charge is 2.25. The molecule has 1 aromatic heterocycles. The molecule has 0 aliphatic rings. The highest BCUT2D eigenvalue weighted by atomic mass is 35.5.